The summed E-state index contributed by atoms with van der Waals surface area (Å²) in [6, 6.07) is -0.360. The SMILES string of the molecule is COC(=O)[C@H]1[C@@H](NC(=O)OC(C)(C)C)[C@H]2CC[C@@H]1O2. The van der Waals surface area contributed by atoms with Crippen molar-refractivity contribution in [2.45, 2.75) is 57.5 Å². The van der Waals surface area contributed by atoms with Crippen molar-refractivity contribution < 1.29 is 23.8 Å². The Balaban J connectivity index is 2.02. The average Bonchev–Trinajstić information content (AvgIpc) is 2.85. The van der Waals surface area contributed by atoms with Gasteiger partial charge >= 0.3 is 12.1 Å². The van der Waals surface area contributed by atoms with Crippen molar-refractivity contribution in [2.24, 2.45) is 5.92 Å². The fourth-order valence-corrected chi connectivity index (χ4v) is 2.74. The molecule has 6 nitrogen and oxygen atoms in total. The molecule has 1 amide bonds. The fraction of sp³-hybridized carbons (Fsp3) is 0.846. The molecule has 2 heterocycles. The number of carbonyl (C=O) groups excluding carboxylic acids is 2. The lowest BCUT2D eigenvalue weighted by Crippen LogP contribution is -2.51. The van der Waals surface area contributed by atoms with Crippen LogP contribution in [-0.4, -0.2) is 43.0 Å². The molecule has 0 spiro atoms. The molecule has 4 atom stereocenters. The van der Waals surface area contributed by atoms with Crippen LogP contribution in [0.15, 0.2) is 0 Å². The minimum Gasteiger partial charge on any atom is -0.469 e. The summed E-state index contributed by atoms with van der Waals surface area (Å²) >= 11 is 0. The Bertz CT molecular complexity index is 376. The maximum absolute atomic E-state index is 11.8. The molecule has 1 N–H and O–H groups in total. The monoisotopic (exact) mass is 271 g/mol. The van der Waals surface area contributed by atoms with Crippen LogP contribution in [0.3, 0.4) is 0 Å². The van der Waals surface area contributed by atoms with Gasteiger partial charge in [0.15, 0.2) is 0 Å². The number of hydrogen-bond donors (Lipinski definition) is 1. The van der Waals surface area contributed by atoms with E-state index in [1.807, 2.05) is 0 Å². The van der Waals surface area contributed by atoms with Crippen molar-refractivity contribution in [3.63, 3.8) is 0 Å². The highest BCUT2D eigenvalue weighted by molar-refractivity contribution is 5.76. The molecule has 0 unspecified atom stereocenters. The van der Waals surface area contributed by atoms with Gasteiger partial charge in [-0.3, -0.25) is 4.79 Å². The molecule has 6 heteroatoms. The summed E-state index contributed by atoms with van der Waals surface area (Å²) in [5.74, 6) is -0.774. The molecule has 0 aromatic carbocycles. The summed E-state index contributed by atoms with van der Waals surface area (Å²) in [5.41, 5.74) is -0.566. The Kier molecular flexibility index (Phi) is 3.71. The highest BCUT2D eigenvalue weighted by Gasteiger charge is 2.53. The Morgan fingerprint density at radius 3 is 2.42 bits per heavy atom. The van der Waals surface area contributed by atoms with Crippen molar-refractivity contribution in [3.05, 3.63) is 0 Å². The second kappa shape index (κ2) is 5.00. The fourth-order valence-electron chi connectivity index (χ4n) is 2.74. The first-order valence-electron chi connectivity index (χ1n) is 6.54. The summed E-state index contributed by atoms with van der Waals surface area (Å²) in [6.45, 7) is 5.38. The van der Waals surface area contributed by atoms with Gasteiger partial charge in [-0.2, -0.15) is 0 Å². The van der Waals surface area contributed by atoms with E-state index < -0.39 is 17.6 Å². The molecule has 2 aliphatic heterocycles. The second-order valence-electron chi connectivity index (χ2n) is 6.01. The molecule has 0 saturated carbocycles. The number of alkyl carbamates (subject to hydrolysis) is 1. The summed E-state index contributed by atoms with van der Waals surface area (Å²) in [7, 11) is 1.35. The Morgan fingerprint density at radius 2 is 1.84 bits per heavy atom. The molecular weight excluding hydrogens is 250 g/mol. The normalized spacial score (nSPS) is 33.1. The van der Waals surface area contributed by atoms with Crippen molar-refractivity contribution >= 4 is 12.1 Å². The highest BCUT2D eigenvalue weighted by atomic mass is 16.6. The molecular formula is C13H21NO5. The molecule has 19 heavy (non-hydrogen) atoms. The van der Waals surface area contributed by atoms with Gasteiger partial charge in [-0.25, -0.2) is 4.79 Å². The summed E-state index contributed by atoms with van der Waals surface area (Å²) in [6.07, 6.45) is 0.872. The van der Waals surface area contributed by atoms with Crippen LogP contribution in [-0.2, 0) is 19.0 Å². The Morgan fingerprint density at radius 1 is 1.21 bits per heavy atom. The van der Waals surface area contributed by atoms with Crippen molar-refractivity contribution in [3.8, 4) is 0 Å². The van der Waals surface area contributed by atoms with E-state index in [0.717, 1.165) is 12.8 Å². The molecule has 2 bridgehead atoms. The number of esters is 1. The summed E-state index contributed by atoms with van der Waals surface area (Å²) in [5, 5.41) is 2.75. The third kappa shape index (κ3) is 3.00. The minimum atomic E-state index is -0.566. The quantitative estimate of drug-likeness (QED) is 0.765. The van der Waals surface area contributed by atoms with Gasteiger partial charge in [0.1, 0.15) is 11.5 Å². The predicted molar refractivity (Wildman–Crippen MR) is 66.6 cm³/mol. The van der Waals surface area contributed by atoms with Crippen LogP contribution in [0, 0.1) is 5.92 Å². The van der Waals surface area contributed by atoms with Gasteiger partial charge in [-0.05, 0) is 33.6 Å². The highest BCUT2D eigenvalue weighted by Crippen LogP contribution is 2.39. The lowest BCUT2D eigenvalue weighted by molar-refractivity contribution is -0.147. The Hall–Kier alpha value is -1.30. The number of nitrogens with one attached hydrogen (secondary N) is 1. The van der Waals surface area contributed by atoms with Gasteiger partial charge in [0.2, 0.25) is 0 Å². The van der Waals surface area contributed by atoms with Gasteiger partial charge in [-0.15, -0.1) is 0 Å². The van der Waals surface area contributed by atoms with E-state index in [4.69, 9.17) is 14.2 Å². The van der Waals surface area contributed by atoms with Crippen molar-refractivity contribution in [1.82, 2.24) is 5.32 Å². The van der Waals surface area contributed by atoms with Crippen LogP contribution in [0.4, 0.5) is 4.79 Å². The van der Waals surface area contributed by atoms with E-state index in [2.05, 4.69) is 5.32 Å². The zero-order valence-electron chi connectivity index (χ0n) is 11.8. The van der Waals surface area contributed by atoms with Crippen LogP contribution < -0.4 is 5.32 Å². The number of hydrogen-bond acceptors (Lipinski definition) is 5. The van der Waals surface area contributed by atoms with E-state index in [1.165, 1.54) is 7.11 Å². The summed E-state index contributed by atoms with van der Waals surface area (Å²) < 4.78 is 15.7. The summed E-state index contributed by atoms with van der Waals surface area (Å²) in [4.78, 5) is 23.6. The molecule has 0 aromatic rings. The number of carbonyl (C=O) groups is 2. The number of fused-ring (bicyclic) bond motifs is 2. The van der Waals surface area contributed by atoms with Crippen LogP contribution >= 0.6 is 0 Å². The van der Waals surface area contributed by atoms with Gasteiger partial charge in [-0.1, -0.05) is 0 Å². The van der Waals surface area contributed by atoms with Crippen LogP contribution in [0.25, 0.3) is 0 Å². The van der Waals surface area contributed by atoms with E-state index >= 15 is 0 Å². The molecule has 0 radical (unpaired) electrons. The number of rotatable bonds is 2. The van der Waals surface area contributed by atoms with Gasteiger partial charge in [0.25, 0.3) is 0 Å². The number of amides is 1. The molecule has 2 aliphatic rings. The third-order valence-corrected chi connectivity index (χ3v) is 3.43. The van der Waals surface area contributed by atoms with Gasteiger partial charge in [0.05, 0.1) is 25.4 Å². The first-order chi connectivity index (χ1) is 8.81. The van der Waals surface area contributed by atoms with Gasteiger partial charge in [0, 0.05) is 0 Å². The predicted octanol–water partition coefficient (Wildman–Crippen LogP) is 1.23. The maximum atomic E-state index is 11.8. The smallest absolute Gasteiger partial charge is 0.407 e. The zero-order valence-corrected chi connectivity index (χ0v) is 11.8. The molecule has 2 rings (SSSR count). The molecule has 108 valence electrons. The van der Waals surface area contributed by atoms with E-state index in [9.17, 15) is 9.59 Å². The second-order valence-corrected chi connectivity index (χ2v) is 6.01. The lowest BCUT2D eigenvalue weighted by Gasteiger charge is -2.28. The molecule has 2 saturated heterocycles. The van der Waals surface area contributed by atoms with Crippen molar-refractivity contribution in [2.75, 3.05) is 7.11 Å². The van der Waals surface area contributed by atoms with Crippen LogP contribution in [0.2, 0.25) is 0 Å². The zero-order chi connectivity index (χ0) is 14.2. The molecule has 2 fully saturated rings. The largest absolute Gasteiger partial charge is 0.469 e. The molecule has 0 aromatic heterocycles. The Labute approximate surface area is 112 Å². The third-order valence-electron chi connectivity index (χ3n) is 3.43. The lowest BCUT2D eigenvalue weighted by atomic mass is 9.84. The number of methoxy groups -OCH3 is 1. The van der Waals surface area contributed by atoms with Gasteiger partial charge < -0.3 is 19.5 Å². The van der Waals surface area contributed by atoms with Crippen molar-refractivity contribution in [1.29, 1.82) is 0 Å². The average molecular weight is 271 g/mol. The maximum Gasteiger partial charge on any atom is 0.407 e. The minimum absolute atomic E-state index is 0.124. The van der Waals surface area contributed by atoms with Crippen LogP contribution in [0.1, 0.15) is 33.6 Å². The first kappa shape index (κ1) is 14.1. The number of ether oxygens (including phenoxy) is 3. The van der Waals surface area contributed by atoms with E-state index in [0.29, 0.717) is 0 Å². The van der Waals surface area contributed by atoms with Crippen LogP contribution in [0.5, 0.6) is 0 Å². The molecule has 0 aliphatic carbocycles. The van der Waals surface area contributed by atoms with E-state index in [-0.39, 0.29) is 24.2 Å². The topological polar surface area (TPSA) is 73.9 Å². The van der Waals surface area contributed by atoms with E-state index in [1.54, 1.807) is 20.8 Å². The first-order valence-corrected chi connectivity index (χ1v) is 6.54. The standard InChI is InChI=1S/C13H21NO5/c1-13(2,3)19-12(16)14-10-8-6-5-7(18-8)9(10)11(15)17-4/h7-10H,5-6H2,1-4H3,(H,14,16)/t7-,8+,9+,10-/m0/s1.